The van der Waals surface area contributed by atoms with Gasteiger partial charge in [0.15, 0.2) is 10.9 Å². The van der Waals surface area contributed by atoms with Gasteiger partial charge in [-0.05, 0) is 50.3 Å². The summed E-state index contributed by atoms with van der Waals surface area (Å²) in [6.45, 7) is 3.45. The number of nitrogens with zero attached hydrogens (tertiary/aromatic N) is 1. The van der Waals surface area contributed by atoms with Gasteiger partial charge in [-0.3, -0.25) is 4.79 Å². The van der Waals surface area contributed by atoms with Gasteiger partial charge < -0.3 is 10.6 Å². The van der Waals surface area contributed by atoms with Crippen molar-refractivity contribution < 1.29 is 4.79 Å². The second-order valence-corrected chi connectivity index (χ2v) is 4.79. The Morgan fingerprint density at radius 3 is 2.60 bits per heavy atom. The molecule has 0 unspecified atom stereocenters. The van der Waals surface area contributed by atoms with Gasteiger partial charge >= 0.3 is 0 Å². The highest BCUT2D eigenvalue weighted by atomic mass is 32.1. The number of hydrogen-bond acceptors (Lipinski definition) is 3. The molecule has 0 radical (unpaired) electrons. The topological polar surface area (TPSA) is 54.0 Å². The van der Waals surface area contributed by atoms with E-state index < -0.39 is 0 Å². The van der Waals surface area contributed by atoms with Crippen LogP contribution in [-0.4, -0.2) is 15.9 Å². The van der Waals surface area contributed by atoms with E-state index in [1.54, 1.807) is 12.1 Å². The van der Waals surface area contributed by atoms with Crippen LogP contribution in [0.5, 0.6) is 0 Å². The van der Waals surface area contributed by atoms with Gasteiger partial charge in [-0.15, -0.1) is 0 Å². The number of benzene rings is 1. The Kier molecular flexibility index (Phi) is 4.42. The zero-order chi connectivity index (χ0) is 14.5. The smallest absolute Gasteiger partial charge is 0.176 e. The van der Waals surface area contributed by atoms with Crippen LogP contribution in [0.3, 0.4) is 0 Å². The first-order chi connectivity index (χ1) is 9.54. The Bertz CT molecular complexity index is 655. The molecule has 0 atom stereocenters. The van der Waals surface area contributed by atoms with E-state index in [-0.39, 0.29) is 5.78 Å². The summed E-state index contributed by atoms with van der Waals surface area (Å²) in [7, 11) is 0. The van der Waals surface area contributed by atoms with Crippen molar-refractivity contribution >= 4 is 34.6 Å². The lowest BCUT2D eigenvalue weighted by Crippen LogP contribution is -2.20. The van der Waals surface area contributed by atoms with Crippen LogP contribution in [0.2, 0.25) is 0 Å². The minimum Gasteiger partial charge on any atom is -0.332 e. The first kappa shape index (κ1) is 14.1. The number of Topliss-reactive ketones (excluding diaryl/α,β-unsaturated/α-hetero) is 1. The highest BCUT2D eigenvalue weighted by molar-refractivity contribution is 7.80. The van der Waals surface area contributed by atoms with Crippen LogP contribution in [0, 0.1) is 6.92 Å². The lowest BCUT2D eigenvalue weighted by atomic mass is 10.1. The highest BCUT2D eigenvalue weighted by Crippen LogP contribution is 2.12. The van der Waals surface area contributed by atoms with Gasteiger partial charge in [0.25, 0.3) is 0 Å². The number of nitrogens with one attached hydrogen (secondary N) is 2. The lowest BCUT2D eigenvalue weighted by Gasteiger charge is -2.10. The maximum Gasteiger partial charge on any atom is 0.176 e. The fourth-order valence-electron chi connectivity index (χ4n) is 1.71. The zero-order valence-electron chi connectivity index (χ0n) is 11.3. The molecule has 0 saturated heterocycles. The Hall–Kier alpha value is -2.27. The van der Waals surface area contributed by atoms with E-state index in [0.717, 1.165) is 11.4 Å². The molecule has 0 aliphatic carbocycles. The summed E-state index contributed by atoms with van der Waals surface area (Å²) < 4.78 is 0. The van der Waals surface area contributed by atoms with Gasteiger partial charge in [-0.1, -0.05) is 18.2 Å². The van der Waals surface area contributed by atoms with Crippen molar-refractivity contribution in [1.82, 2.24) is 4.98 Å². The van der Waals surface area contributed by atoms with Crippen molar-refractivity contribution in [1.29, 1.82) is 0 Å². The Balaban J connectivity index is 2.04. The van der Waals surface area contributed by atoms with Crippen molar-refractivity contribution in [2.24, 2.45) is 0 Å². The van der Waals surface area contributed by atoms with E-state index in [1.807, 2.05) is 37.3 Å². The molecule has 0 amide bonds. The molecule has 2 aromatic rings. The normalized spacial score (nSPS) is 9.90. The molecule has 5 heteroatoms. The monoisotopic (exact) mass is 285 g/mol. The standard InChI is InChI=1S/C15H15N3OS/c1-10-5-3-8-14(16-10)18-15(20)17-13-7-4-6-12(9-13)11(2)19/h3-9H,1-2H3,(H2,16,17,18,20). The Labute approximate surface area is 123 Å². The summed E-state index contributed by atoms with van der Waals surface area (Å²) in [5.41, 5.74) is 2.32. The van der Waals surface area contributed by atoms with Crippen LogP contribution in [0.1, 0.15) is 23.0 Å². The van der Waals surface area contributed by atoms with E-state index in [9.17, 15) is 4.79 Å². The second-order valence-electron chi connectivity index (χ2n) is 4.38. The van der Waals surface area contributed by atoms with E-state index in [4.69, 9.17) is 12.2 Å². The molecule has 0 aliphatic heterocycles. The highest BCUT2D eigenvalue weighted by Gasteiger charge is 2.03. The number of aryl methyl sites for hydroxylation is 1. The number of rotatable bonds is 3. The molecule has 1 heterocycles. The molecular weight excluding hydrogens is 270 g/mol. The molecule has 0 saturated carbocycles. The second kappa shape index (κ2) is 6.25. The summed E-state index contributed by atoms with van der Waals surface area (Å²) in [4.78, 5) is 15.6. The number of aromatic nitrogens is 1. The summed E-state index contributed by atoms with van der Waals surface area (Å²) in [6, 6.07) is 12.9. The molecule has 4 nitrogen and oxygen atoms in total. The summed E-state index contributed by atoms with van der Waals surface area (Å²) in [6.07, 6.45) is 0. The van der Waals surface area contributed by atoms with Crippen molar-refractivity contribution in [3.8, 4) is 0 Å². The summed E-state index contributed by atoms with van der Waals surface area (Å²) >= 11 is 5.22. The maximum absolute atomic E-state index is 11.3. The number of carbonyl (C=O) groups excluding carboxylic acids is 1. The van der Waals surface area contributed by atoms with Crippen LogP contribution < -0.4 is 10.6 Å². The van der Waals surface area contributed by atoms with Gasteiger partial charge in [0.2, 0.25) is 0 Å². The predicted molar refractivity (Wildman–Crippen MR) is 85.3 cm³/mol. The minimum absolute atomic E-state index is 0.0212. The third-order valence-corrected chi connectivity index (χ3v) is 2.86. The quantitative estimate of drug-likeness (QED) is 0.668. The average molecular weight is 285 g/mol. The zero-order valence-corrected chi connectivity index (χ0v) is 12.1. The number of pyridine rings is 1. The third kappa shape index (κ3) is 3.86. The van der Waals surface area contributed by atoms with Crippen LogP contribution in [0.25, 0.3) is 0 Å². The van der Waals surface area contributed by atoms with Crippen molar-refractivity contribution in [2.75, 3.05) is 10.6 Å². The lowest BCUT2D eigenvalue weighted by molar-refractivity contribution is 0.101. The van der Waals surface area contributed by atoms with Crippen LogP contribution in [0.4, 0.5) is 11.5 Å². The average Bonchev–Trinajstić information content (AvgIpc) is 2.38. The van der Waals surface area contributed by atoms with Gasteiger partial charge in [0.05, 0.1) is 0 Å². The number of thiocarbonyl (C=S) groups is 1. The molecule has 102 valence electrons. The van der Waals surface area contributed by atoms with Gasteiger partial charge in [0.1, 0.15) is 5.82 Å². The van der Waals surface area contributed by atoms with Gasteiger partial charge in [0, 0.05) is 16.9 Å². The number of carbonyl (C=O) groups is 1. The van der Waals surface area contributed by atoms with Crippen LogP contribution in [-0.2, 0) is 0 Å². The number of anilines is 2. The van der Waals surface area contributed by atoms with Gasteiger partial charge in [-0.2, -0.15) is 0 Å². The third-order valence-electron chi connectivity index (χ3n) is 2.66. The first-order valence-corrected chi connectivity index (χ1v) is 6.58. The molecule has 1 aromatic heterocycles. The van der Waals surface area contributed by atoms with Crippen LogP contribution >= 0.6 is 12.2 Å². The molecule has 0 fully saturated rings. The maximum atomic E-state index is 11.3. The predicted octanol–water partition coefficient (Wildman–Crippen LogP) is 3.40. The molecule has 0 aliphatic rings. The van der Waals surface area contributed by atoms with E-state index in [2.05, 4.69) is 15.6 Å². The molecule has 2 rings (SSSR count). The van der Waals surface area contributed by atoms with Crippen LogP contribution in [0.15, 0.2) is 42.5 Å². The van der Waals surface area contributed by atoms with E-state index in [0.29, 0.717) is 16.5 Å². The Morgan fingerprint density at radius 2 is 1.90 bits per heavy atom. The molecule has 0 bridgehead atoms. The van der Waals surface area contributed by atoms with Crippen molar-refractivity contribution in [3.63, 3.8) is 0 Å². The molecule has 2 N–H and O–H groups in total. The molecule has 20 heavy (non-hydrogen) atoms. The van der Waals surface area contributed by atoms with Crippen molar-refractivity contribution in [2.45, 2.75) is 13.8 Å². The minimum atomic E-state index is 0.0212. The number of ketones is 1. The summed E-state index contributed by atoms with van der Waals surface area (Å²) in [5, 5.41) is 6.47. The fourth-order valence-corrected chi connectivity index (χ4v) is 1.93. The Morgan fingerprint density at radius 1 is 1.15 bits per heavy atom. The summed E-state index contributed by atoms with van der Waals surface area (Å²) in [5.74, 6) is 0.707. The molecule has 1 aromatic carbocycles. The van der Waals surface area contributed by atoms with Gasteiger partial charge in [-0.25, -0.2) is 4.98 Å². The largest absolute Gasteiger partial charge is 0.332 e. The molecule has 0 spiro atoms. The SMILES string of the molecule is CC(=O)c1cccc(NC(=S)Nc2cccc(C)n2)c1. The van der Waals surface area contributed by atoms with Crippen molar-refractivity contribution in [3.05, 3.63) is 53.7 Å². The first-order valence-electron chi connectivity index (χ1n) is 6.17. The van der Waals surface area contributed by atoms with E-state index >= 15 is 0 Å². The fraction of sp³-hybridized carbons (Fsp3) is 0.133. The van der Waals surface area contributed by atoms with E-state index in [1.165, 1.54) is 6.92 Å². The molecular formula is C15H15N3OS. The number of hydrogen-bond donors (Lipinski definition) is 2.